The second-order valence-corrected chi connectivity index (χ2v) is 7.74. The third-order valence-corrected chi connectivity index (χ3v) is 5.83. The monoisotopic (exact) mass is 409 g/mol. The fourth-order valence-electron chi connectivity index (χ4n) is 3.78. The van der Waals surface area contributed by atoms with E-state index in [2.05, 4.69) is 4.98 Å². The van der Waals surface area contributed by atoms with Crippen LogP contribution in [0.4, 0.5) is 0 Å². The molecule has 1 fully saturated rings. The van der Waals surface area contributed by atoms with Gasteiger partial charge in [-0.25, -0.2) is 4.98 Å². The fourth-order valence-corrected chi connectivity index (χ4v) is 4.01. The molecular weight excluding hydrogens is 390 g/mol. The van der Waals surface area contributed by atoms with Crippen molar-refractivity contribution in [3.63, 3.8) is 0 Å². The quantitative estimate of drug-likeness (QED) is 0.556. The zero-order chi connectivity index (χ0) is 20.4. The molecular formula is C23H20ClNO4. The van der Waals surface area contributed by atoms with Crippen molar-refractivity contribution < 1.29 is 19.1 Å². The maximum Gasteiger partial charge on any atom is 0.306 e. The molecule has 1 saturated carbocycles. The highest BCUT2D eigenvalue weighted by Gasteiger charge is 2.29. The summed E-state index contributed by atoms with van der Waals surface area (Å²) in [6.45, 7) is 0. The first-order valence-corrected chi connectivity index (χ1v) is 9.99. The minimum absolute atomic E-state index is 0.129. The molecule has 1 aliphatic carbocycles. The summed E-state index contributed by atoms with van der Waals surface area (Å²) in [5, 5.41) is 9.56. The van der Waals surface area contributed by atoms with E-state index in [0.717, 1.165) is 18.4 Å². The third-order valence-electron chi connectivity index (χ3n) is 5.50. The number of hydrogen-bond donors (Lipinski definition) is 1. The molecule has 0 amide bonds. The Balaban J connectivity index is 1.47. The molecule has 0 atom stereocenters. The van der Waals surface area contributed by atoms with Gasteiger partial charge in [0.05, 0.1) is 17.1 Å². The number of ketones is 1. The molecule has 148 valence electrons. The van der Waals surface area contributed by atoms with Crippen molar-refractivity contribution in [3.8, 4) is 11.3 Å². The predicted octanol–water partition coefficient (Wildman–Crippen LogP) is 5.58. The average molecular weight is 410 g/mol. The van der Waals surface area contributed by atoms with Gasteiger partial charge in [0.1, 0.15) is 0 Å². The molecule has 1 heterocycles. The van der Waals surface area contributed by atoms with Crippen LogP contribution >= 0.6 is 11.6 Å². The lowest BCUT2D eigenvalue weighted by atomic mass is 9.82. The molecule has 3 aromatic rings. The molecule has 6 heteroatoms. The number of carboxylic acids is 1. The summed E-state index contributed by atoms with van der Waals surface area (Å²) >= 11 is 6.12. The van der Waals surface area contributed by atoms with Crippen molar-refractivity contribution in [1.82, 2.24) is 4.98 Å². The Morgan fingerprint density at radius 3 is 2.34 bits per heavy atom. The predicted molar refractivity (Wildman–Crippen MR) is 109 cm³/mol. The number of oxazole rings is 1. The van der Waals surface area contributed by atoms with E-state index >= 15 is 0 Å². The lowest BCUT2D eigenvalue weighted by Crippen LogP contribution is -2.20. The number of aromatic nitrogens is 1. The molecule has 0 unspecified atom stereocenters. The van der Waals surface area contributed by atoms with Gasteiger partial charge in [0.15, 0.2) is 17.4 Å². The summed E-state index contributed by atoms with van der Waals surface area (Å²) in [5.41, 5.74) is 1.85. The summed E-state index contributed by atoms with van der Waals surface area (Å²) in [6.07, 6.45) is 4.51. The Labute approximate surface area is 173 Å². The van der Waals surface area contributed by atoms with Crippen LogP contribution in [0.25, 0.3) is 11.3 Å². The van der Waals surface area contributed by atoms with Crippen molar-refractivity contribution in [1.29, 1.82) is 0 Å². The van der Waals surface area contributed by atoms with Crippen LogP contribution in [-0.4, -0.2) is 21.8 Å². The Morgan fingerprint density at radius 1 is 1.00 bits per heavy atom. The van der Waals surface area contributed by atoms with Gasteiger partial charge in [-0.1, -0.05) is 48.0 Å². The standard InChI is InChI=1S/C23H20ClNO4/c24-19-4-2-1-3-18(19)21(26)15-7-5-14(6-8-15)20-13-25-22(29-20)16-9-11-17(12-10-16)23(27)28/h1-8,13,16-17H,9-12H2,(H,27,28). The van der Waals surface area contributed by atoms with Crippen LogP contribution in [0.2, 0.25) is 5.02 Å². The highest BCUT2D eigenvalue weighted by molar-refractivity contribution is 6.35. The van der Waals surface area contributed by atoms with Gasteiger partial charge in [-0.2, -0.15) is 0 Å². The van der Waals surface area contributed by atoms with Crippen molar-refractivity contribution in [3.05, 3.63) is 76.8 Å². The van der Waals surface area contributed by atoms with E-state index in [4.69, 9.17) is 21.1 Å². The number of halogens is 1. The molecule has 29 heavy (non-hydrogen) atoms. The molecule has 4 rings (SSSR count). The van der Waals surface area contributed by atoms with Crippen molar-refractivity contribution in [2.75, 3.05) is 0 Å². The first kappa shape index (κ1) is 19.4. The summed E-state index contributed by atoms with van der Waals surface area (Å²) in [6, 6.07) is 14.1. The van der Waals surface area contributed by atoms with Crippen LogP contribution in [0.5, 0.6) is 0 Å². The second-order valence-electron chi connectivity index (χ2n) is 7.34. The van der Waals surface area contributed by atoms with Gasteiger partial charge in [0, 0.05) is 22.6 Å². The lowest BCUT2D eigenvalue weighted by molar-refractivity contribution is -0.142. The molecule has 0 radical (unpaired) electrons. The Morgan fingerprint density at radius 2 is 1.69 bits per heavy atom. The molecule has 0 aliphatic heterocycles. The lowest BCUT2D eigenvalue weighted by Gasteiger charge is -2.23. The van der Waals surface area contributed by atoms with Crippen molar-refractivity contribution in [2.45, 2.75) is 31.6 Å². The SMILES string of the molecule is O=C(c1ccc(-c2cnc(C3CCC(C(=O)O)CC3)o2)cc1)c1ccccc1Cl. The largest absolute Gasteiger partial charge is 0.481 e. The van der Waals surface area contributed by atoms with Crippen LogP contribution < -0.4 is 0 Å². The third kappa shape index (κ3) is 4.10. The highest BCUT2D eigenvalue weighted by Crippen LogP contribution is 2.36. The summed E-state index contributed by atoms with van der Waals surface area (Å²) in [4.78, 5) is 28.1. The number of carbonyl (C=O) groups is 2. The van der Waals surface area contributed by atoms with E-state index in [1.54, 1.807) is 42.6 Å². The first-order chi connectivity index (χ1) is 14.0. The minimum atomic E-state index is -0.719. The van der Waals surface area contributed by atoms with E-state index in [0.29, 0.717) is 40.6 Å². The number of hydrogen-bond acceptors (Lipinski definition) is 4. The van der Waals surface area contributed by atoms with Crippen LogP contribution in [0, 0.1) is 5.92 Å². The van der Waals surface area contributed by atoms with Crippen LogP contribution in [-0.2, 0) is 4.79 Å². The number of rotatable bonds is 5. The molecule has 2 aromatic carbocycles. The van der Waals surface area contributed by atoms with E-state index in [1.165, 1.54) is 0 Å². The summed E-state index contributed by atoms with van der Waals surface area (Å²) in [7, 11) is 0. The maximum atomic E-state index is 12.6. The zero-order valence-electron chi connectivity index (χ0n) is 15.7. The van der Waals surface area contributed by atoms with Gasteiger partial charge in [0.25, 0.3) is 0 Å². The number of carboxylic acid groups (broad SMARTS) is 1. The maximum absolute atomic E-state index is 12.6. The van der Waals surface area contributed by atoms with Gasteiger partial charge in [-0.15, -0.1) is 0 Å². The molecule has 1 N–H and O–H groups in total. The van der Waals surface area contributed by atoms with Gasteiger partial charge < -0.3 is 9.52 Å². The summed E-state index contributed by atoms with van der Waals surface area (Å²) < 4.78 is 5.94. The number of nitrogens with zero attached hydrogens (tertiary/aromatic N) is 1. The Kier molecular flexibility index (Phi) is 5.49. The van der Waals surface area contributed by atoms with Crippen LogP contribution in [0.15, 0.2) is 59.1 Å². The average Bonchev–Trinajstić information content (AvgIpc) is 3.24. The van der Waals surface area contributed by atoms with E-state index in [9.17, 15) is 9.59 Å². The van der Waals surface area contributed by atoms with E-state index in [1.807, 2.05) is 12.1 Å². The smallest absolute Gasteiger partial charge is 0.306 e. The van der Waals surface area contributed by atoms with Gasteiger partial charge in [0.2, 0.25) is 0 Å². The van der Waals surface area contributed by atoms with Crippen molar-refractivity contribution >= 4 is 23.4 Å². The Hall–Kier alpha value is -2.92. The molecule has 1 aromatic heterocycles. The molecule has 0 saturated heterocycles. The first-order valence-electron chi connectivity index (χ1n) is 9.61. The summed E-state index contributed by atoms with van der Waals surface area (Å²) in [5.74, 6) is 0.333. The zero-order valence-corrected chi connectivity index (χ0v) is 16.4. The topological polar surface area (TPSA) is 80.4 Å². The molecule has 0 spiro atoms. The van der Waals surface area contributed by atoms with Gasteiger partial charge in [-0.3, -0.25) is 9.59 Å². The Bertz CT molecular complexity index is 1030. The molecule has 5 nitrogen and oxygen atoms in total. The normalized spacial score (nSPS) is 19.1. The highest BCUT2D eigenvalue weighted by atomic mass is 35.5. The fraction of sp³-hybridized carbons (Fsp3) is 0.261. The van der Waals surface area contributed by atoms with E-state index in [-0.39, 0.29) is 17.6 Å². The van der Waals surface area contributed by atoms with Gasteiger partial charge >= 0.3 is 5.97 Å². The number of aliphatic carboxylic acids is 1. The minimum Gasteiger partial charge on any atom is -0.481 e. The van der Waals surface area contributed by atoms with Crippen LogP contribution in [0.1, 0.15) is 53.4 Å². The van der Waals surface area contributed by atoms with E-state index < -0.39 is 5.97 Å². The van der Waals surface area contributed by atoms with Crippen molar-refractivity contribution in [2.24, 2.45) is 5.92 Å². The molecule has 1 aliphatic rings. The second kappa shape index (κ2) is 8.21. The van der Waals surface area contributed by atoms with Gasteiger partial charge in [-0.05, 0) is 37.8 Å². The van der Waals surface area contributed by atoms with Crippen LogP contribution in [0.3, 0.4) is 0 Å². The molecule has 0 bridgehead atoms. The number of benzene rings is 2. The number of carbonyl (C=O) groups excluding carboxylic acids is 1.